The summed E-state index contributed by atoms with van der Waals surface area (Å²) < 4.78 is 11.2. The van der Waals surface area contributed by atoms with Crippen molar-refractivity contribution < 1.29 is 14.3 Å². The standard InChI is InChI=1S/C17H21ClN2O3S/c1-5-22-13-8-11(7-12(18)16(13)23-6-2)15-14(10(4)21)9(3)19-17(24)20-15/h7-8,15H,5-6H2,1-4H3,(H2,19,20,24). The summed E-state index contributed by atoms with van der Waals surface area (Å²) in [6.07, 6.45) is 0. The van der Waals surface area contributed by atoms with E-state index in [1.54, 1.807) is 6.07 Å². The molecule has 0 aliphatic carbocycles. The third-order valence-corrected chi connectivity index (χ3v) is 4.10. The molecular weight excluding hydrogens is 348 g/mol. The number of carbonyl (C=O) groups excluding carboxylic acids is 1. The van der Waals surface area contributed by atoms with Crippen LogP contribution >= 0.6 is 23.8 Å². The van der Waals surface area contributed by atoms with Gasteiger partial charge in [-0.2, -0.15) is 0 Å². The minimum absolute atomic E-state index is 0.0389. The highest BCUT2D eigenvalue weighted by Crippen LogP contribution is 2.40. The Kier molecular flexibility index (Phi) is 6.07. The van der Waals surface area contributed by atoms with Gasteiger partial charge in [0.05, 0.1) is 24.3 Å². The van der Waals surface area contributed by atoms with Crippen molar-refractivity contribution >= 4 is 34.7 Å². The lowest BCUT2D eigenvalue weighted by Crippen LogP contribution is -2.44. The largest absolute Gasteiger partial charge is 0.490 e. The molecule has 0 amide bonds. The molecule has 7 heteroatoms. The van der Waals surface area contributed by atoms with Gasteiger partial charge in [0.15, 0.2) is 22.4 Å². The zero-order chi connectivity index (χ0) is 17.9. The maximum absolute atomic E-state index is 12.1. The fraction of sp³-hybridized carbons (Fsp3) is 0.412. The third-order valence-electron chi connectivity index (χ3n) is 3.60. The molecule has 2 N–H and O–H groups in total. The van der Waals surface area contributed by atoms with E-state index in [4.69, 9.17) is 33.3 Å². The van der Waals surface area contributed by atoms with Gasteiger partial charge in [-0.05, 0) is 57.6 Å². The van der Waals surface area contributed by atoms with Crippen molar-refractivity contribution in [3.8, 4) is 11.5 Å². The SMILES string of the molecule is CCOc1cc(C2NC(=S)NC(C)=C2C(C)=O)cc(Cl)c1OCC. The molecule has 0 fully saturated rings. The highest BCUT2D eigenvalue weighted by Gasteiger charge is 2.29. The summed E-state index contributed by atoms with van der Waals surface area (Å²) in [5.74, 6) is 1.02. The van der Waals surface area contributed by atoms with Crippen LogP contribution in [0.2, 0.25) is 5.02 Å². The first-order chi connectivity index (χ1) is 11.4. The van der Waals surface area contributed by atoms with Crippen LogP contribution in [0, 0.1) is 0 Å². The zero-order valence-corrected chi connectivity index (χ0v) is 15.7. The van der Waals surface area contributed by atoms with Crippen LogP contribution in [0.15, 0.2) is 23.4 Å². The molecule has 0 saturated carbocycles. The number of thiocarbonyl (C=S) groups is 1. The Morgan fingerprint density at radius 3 is 2.54 bits per heavy atom. The van der Waals surface area contributed by atoms with E-state index in [9.17, 15) is 4.79 Å². The molecule has 5 nitrogen and oxygen atoms in total. The summed E-state index contributed by atoms with van der Waals surface area (Å²) >= 11 is 11.6. The van der Waals surface area contributed by atoms with E-state index in [1.807, 2.05) is 26.8 Å². The molecule has 2 rings (SSSR count). The van der Waals surface area contributed by atoms with Crippen LogP contribution in [0.3, 0.4) is 0 Å². The van der Waals surface area contributed by atoms with Gasteiger partial charge in [-0.15, -0.1) is 0 Å². The smallest absolute Gasteiger partial charge is 0.179 e. The summed E-state index contributed by atoms with van der Waals surface area (Å²) in [5.41, 5.74) is 2.14. The molecule has 0 saturated heterocycles. The van der Waals surface area contributed by atoms with Crippen molar-refractivity contribution in [1.82, 2.24) is 10.6 Å². The number of ether oxygens (including phenoxy) is 2. The van der Waals surface area contributed by atoms with Crippen LogP contribution in [0.25, 0.3) is 0 Å². The molecule has 1 aliphatic rings. The summed E-state index contributed by atoms with van der Waals surface area (Å²) in [7, 11) is 0. The number of allylic oxidation sites excluding steroid dienone is 1. The minimum atomic E-state index is -0.386. The number of benzene rings is 1. The molecule has 1 aromatic rings. The number of hydrogen-bond donors (Lipinski definition) is 2. The van der Waals surface area contributed by atoms with Gasteiger partial charge >= 0.3 is 0 Å². The Labute approximate surface area is 152 Å². The van der Waals surface area contributed by atoms with Crippen LogP contribution in [-0.4, -0.2) is 24.1 Å². The molecule has 1 aliphatic heterocycles. The number of carbonyl (C=O) groups is 1. The van der Waals surface area contributed by atoms with Crippen molar-refractivity contribution in [1.29, 1.82) is 0 Å². The first-order valence-corrected chi connectivity index (χ1v) is 8.55. The van der Waals surface area contributed by atoms with Gasteiger partial charge < -0.3 is 20.1 Å². The van der Waals surface area contributed by atoms with E-state index < -0.39 is 0 Å². The normalized spacial score (nSPS) is 17.2. The highest BCUT2D eigenvalue weighted by atomic mass is 35.5. The lowest BCUT2D eigenvalue weighted by molar-refractivity contribution is -0.114. The summed E-state index contributed by atoms with van der Waals surface area (Å²) in [6.45, 7) is 8.09. The number of ketones is 1. The molecule has 0 bridgehead atoms. The number of nitrogens with one attached hydrogen (secondary N) is 2. The molecule has 0 spiro atoms. The van der Waals surface area contributed by atoms with Crippen molar-refractivity contribution in [2.24, 2.45) is 0 Å². The maximum atomic E-state index is 12.1. The fourth-order valence-corrected chi connectivity index (χ4v) is 3.26. The Bertz CT molecular complexity index is 703. The molecule has 0 aromatic heterocycles. The molecule has 0 radical (unpaired) electrons. The lowest BCUT2D eigenvalue weighted by Gasteiger charge is -2.30. The van der Waals surface area contributed by atoms with Gasteiger partial charge in [-0.25, -0.2) is 0 Å². The average Bonchev–Trinajstić information content (AvgIpc) is 2.49. The summed E-state index contributed by atoms with van der Waals surface area (Å²) in [6, 6.07) is 3.22. The third kappa shape index (κ3) is 3.82. The van der Waals surface area contributed by atoms with E-state index in [0.717, 1.165) is 11.3 Å². The Morgan fingerprint density at radius 1 is 1.29 bits per heavy atom. The van der Waals surface area contributed by atoms with Crippen LogP contribution in [0.4, 0.5) is 0 Å². The van der Waals surface area contributed by atoms with Gasteiger partial charge in [-0.3, -0.25) is 4.79 Å². The van der Waals surface area contributed by atoms with Gasteiger partial charge in [0.25, 0.3) is 0 Å². The van der Waals surface area contributed by atoms with Crippen LogP contribution in [0.1, 0.15) is 39.3 Å². The Balaban J connectivity index is 2.56. The van der Waals surface area contributed by atoms with Gasteiger partial charge in [0.2, 0.25) is 0 Å². The van der Waals surface area contributed by atoms with Crippen molar-refractivity contribution in [3.63, 3.8) is 0 Å². The van der Waals surface area contributed by atoms with E-state index in [0.29, 0.717) is 40.4 Å². The van der Waals surface area contributed by atoms with Gasteiger partial charge in [0.1, 0.15) is 0 Å². The Morgan fingerprint density at radius 2 is 1.96 bits per heavy atom. The van der Waals surface area contributed by atoms with Crippen LogP contribution in [0.5, 0.6) is 11.5 Å². The second kappa shape index (κ2) is 7.85. The molecule has 1 atom stereocenters. The molecule has 130 valence electrons. The fourth-order valence-electron chi connectivity index (χ4n) is 2.71. The first kappa shape index (κ1) is 18.5. The molecular formula is C17H21ClN2O3S. The van der Waals surface area contributed by atoms with E-state index in [-0.39, 0.29) is 11.8 Å². The predicted molar refractivity (Wildman–Crippen MR) is 98.8 cm³/mol. The summed E-state index contributed by atoms with van der Waals surface area (Å²) in [5, 5.41) is 7.01. The number of Topliss-reactive ketones (excluding diaryl/α,β-unsaturated/α-hetero) is 1. The van der Waals surface area contributed by atoms with E-state index >= 15 is 0 Å². The Hall–Kier alpha value is -1.79. The topological polar surface area (TPSA) is 59.6 Å². The molecule has 1 unspecified atom stereocenters. The molecule has 1 aromatic carbocycles. The molecule has 24 heavy (non-hydrogen) atoms. The van der Waals surface area contributed by atoms with Crippen molar-refractivity contribution in [3.05, 3.63) is 34.0 Å². The monoisotopic (exact) mass is 368 g/mol. The summed E-state index contributed by atoms with van der Waals surface area (Å²) in [4.78, 5) is 12.1. The average molecular weight is 369 g/mol. The number of hydrogen-bond acceptors (Lipinski definition) is 4. The van der Waals surface area contributed by atoms with Crippen LogP contribution in [-0.2, 0) is 4.79 Å². The first-order valence-electron chi connectivity index (χ1n) is 7.77. The van der Waals surface area contributed by atoms with E-state index in [2.05, 4.69) is 10.6 Å². The van der Waals surface area contributed by atoms with Gasteiger partial charge in [-0.1, -0.05) is 11.6 Å². The lowest BCUT2D eigenvalue weighted by atomic mass is 9.93. The zero-order valence-electron chi connectivity index (χ0n) is 14.2. The highest BCUT2D eigenvalue weighted by molar-refractivity contribution is 7.80. The van der Waals surface area contributed by atoms with Crippen LogP contribution < -0.4 is 20.1 Å². The quantitative estimate of drug-likeness (QED) is 0.749. The minimum Gasteiger partial charge on any atom is -0.490 e. The maximum Gasteiger partial charge on any atom is 0.179 e. The molecule has 1 heterocycles. The van der Waals surface area contributed by atoms with E-state index in [1.165, 1.54) is 6.92 Å². The second-order valence-corrected chi connectivity index (χ2v) is 6.14. The predicted octanol–water partition coefficient (Wildman–Crippen LogP) is 3.52. The second-order valence-electron chi connectivity index (χ2n) is 5.32. The van der Waals surface area contributed by atoms with Gasteiger partial charge in [0, 0.05) is 11.3 Å². The number of halogens is 1. The van der Waals surface area contributed by atoms with Crippen molar-refractivity contribution in [2.75, 3.05) is 13.2 Å². The van der Waals surface area contributed by atoms with Crippen molar-refractivity contribution in [2.45, 2.75) is 33.7 Å². The number of rotatable bonds is 6.